The van der Waals surface area contributed by atoms with Gasteiger partial charge in [0.2, 0.25) is 0 Å². The zero-order valence-corrected chi connectivity index (χ0v) is 16.4. The van der Waals surface area contributed by atoms with Gasteiger partial charge in [-0.2, -0.15) is 0 Å². The minimum absolute atomic E-state index is 0.261. The van der Waals surface area contributed by atoms with Gasteiger partial charge >= 0.3 is 0 Å². The monoisotopic (exact) mass is 342 g/mol. The maximum Gasteiger partial charge on any atom is 0.0276 e. The second kappa shape index (κ2) is 4.83. The number of rotatable bonds is 0. The van der Waals surface area contributed by atoms with E-state index in [-0.39, 0.29) is 5.41 Å². The van der Waals surface area contributed by atoms with E-state index in [1.165, 1.54) is 6.42 Å². The van der Waals surface area contributed by atoms with E-state index in [0.29, 0.717) is 11.8 Å². The van der Waals surface area contributed by atoms with Crippen molar-refractivity contribution in [3.8, 4) is 0 Å². The minimum atomic E-state index is 0.261. The molecule has 2 saturated carbocycles. The summed E-state index contributed by atoms with van der Waals surface area (Å²) < 4.78 is 0. The lowest BCUT2D eigenvalue weighted by Crippen LogP contribution is -2.52. The zero-order chi connectivity index (χ0) is 17.8. The van der Waals surface area contributed by atoms with Gasteiger partial charge in [0.25, 0.3) is 0 Å². The van der Waals surface area contributed by atoms with Crippen LogP contribution in [0.1, 0.15) is 68.2 Å². The van der Waals surface area contributed by atoms with Crippen LogP contribution < -0.4 is 0 Å². The Morgan fingerprint density at radius 2 is 1.42 bits per heavy atom. The van der Waals surface area contributed by atoms with Crippen LogP contribution in [-0.2, 0) is 5.41 Å². The molecule has 0 amide bonds. The molecule has 0 heterocycles. The van der Waals surface area contributed by atoms with Crippen LogP contribution in [0.25, 0.3) is 0 Å². The molecule has 1 spiro atoms. The molecule has 4 aliphatic carbocycles. The molecule has 3 unspecified atom stereocenters. The highest BCUT2D eigenvalue weighted by molar-refractivity contribution is 5.61. The van der Waals surface area contributed by atoms with Crippen LogP contribution >= 0.6 is 0 Å². The molecule has 0 nitrogen and oxygen atoms in total. The fourth-order valence-electron chi connectivity index (χ4n) is 8.32. The first-order chi connectivity index (χ1) is 12.6. The summed E-state index contributed by atoms with van der Waals surface area (Å²) in [5.41, 5.74) is 6.95. The first-order valence-electron chi connectivity index (χ1n) is 10.8. The zero-order valence-electron chi connectivity index (χ0n) is 16.4. The highest BCUT2D eigenvalue weighted by atomic mass is 14.7. The number of benzene rings is 2. The molecule has 0 bridgehead atoms. The van der Waals surface area contributed by atoms with E-state index >= 15 is 0 Å². The minimum Gasteiger partial charge on any atom is -0.0622 e. The molecular formula is C26H30. The molecular weight excluding hydrogens is 312 g/mol. The topological polar surface area (TPSA) is 0 Å². The Labute approximate surface area is 158 Å². The average Bonchev–Trinajstić information content (AvgIpc) is 3.14. The van der Waals surface area contributed by atoms with Crippen LogP contribution in [-0.4, -0.2) is 0 Å². The summed E-state index contributed by atoms with van der Waals surface area (Å²) in [6, 6.07) is 19.0. The molecule has 2 aromatic rings. The van der Waals surface area contributed by atoms with Gasteiger partial charge in [0.05, 0.1) is 0 Å². The van der Waals surface area contributed by atoms with Crippen molar-refractivity contribution in [1.82, 2.24) is 0 Å². The molecule has 0 N–H and O–H groups in total. The van der Waals surface area contributed by atoms with Crippen molar-refractivity contribution in [1.29, 1.82) is 0 Å². The Balaban J connectivity index is 1.65. The highest BCUT2D eigenvalue weighted by Gasteiger charge is 2.71. The van der Waals surface area contributed by atoms with E-state index in [1.807, 2.05) is 0 Å². The van der Waals surface area contributed by atoms with Crippen LogP contribution in [0.3, 0.4) is 0 Å². The molecule has 6 rings (SSSR count). The summed E-state index contributed by atoms with van der Waals surface area (Å²) in [5, 5.41) is 0. The summed E-state index contributed by atoms with van der Waals surface area (Å²) in [4.78, 5) is 0. The third-order valence-electron chi connectivity index (χ3n) is 9.56. The van der Waals surface area contributed by atoms with Crippen LogP contribution in [0, 0.1) is 35.5 Å². The summed E-state index contributed by atoms with van der Waals surface area (Å²) in [7, 11) is 0. The van der Waals surface area contributed by atoms with Crippen molar-refractivity contribution in [3.63, 3.8) is 0 Å². The predicted octanol–water partition coefficient (Wildman–Crippen LogP) is 6.36. The molecule has 2 fully saturated rings. The first kappa shape index (κ1) is 15.5. The van der Waals surface area contributed by atoms with Crippen molar-refractivity contribution in [3.05, 3.63) is 70.8 Å². The molecule has 0 saturated heterocycles. The standard InChI is InChI=1S/C26H30/c1-14-13-20-23(15(14)2)25-24(20)19-10-6-8-12-22(19)26(25)17(4)16(3)18-9-5-7-11-21(18)26/h5-12,14-17,20,23-25H,13H2,1-4H3/t14-,15?,16-,17+,20+,23?,24+,25-,26?/m0/s1. The van der Waals surface area contributed by atoms with Gasteiger partial charge in [-0.05, 0) is 76.0 Å². The van der Waals surface area contributed by atoms with Crippen LogP contribution in [0.5, 0.6) is 0 Å². The van der Waals surface area contributed by atoms with Gasteiger partial charge in [-0.1, -0.05) is 76.2 Å². The van der Waals surface area contributed by atoms with Gasteiger partial charge < -0.3 is 0 Å². The predicted molar refractivity (Wildman–Crippen MR) is 107 cm³/mol. The Morgan fingerprint density at radius 1 is 0.808 bits per heavy atom. The van der Waals surface area contributed by atoms with Gasteiger partial charge in [-0.25, -0.2) is 0 Å². The van der Waals surface area contributed by atoms with Gasteiger partial charge in [0.1, 0.15) is 0 Å². The fraction of sp³-hybridized carbons (Fsp3) is 0.538. The number of hydrogen-bond acceptors (Lipinski definition) is 0. The molecule has 0 radical (unpaired) electrons. The summed E-state index contributed by atoms with van der Waals surface area (Å²) in [5.74, 6) is 6.61. The van der Waals surface area contributed by atoms with E-state index < -0.39 is 0 Å². The van der Waals surface area contributed by atoms with Crippen LogP contribution in [0.4, 0.5) is 0 Å². The Morgan fingerprint density at radius 3 is 2.15 bits per heavy atom. The van der Waals surface area contributed by atoms with Crippen LogP contribution in [0.15, 0.2) is 48.5 Å². The average molecular weight is 343 g/mol. The quantitative estimate of drug-likeness (QED) is 0.522. The van der Waals surface area contributed by atoms with E-state index in [1.54, 1.807) is 22.3 Å². The van der Waals surface area contributed by atoms with Crippen molar-refractivity contribution < 1.29 is 0 Å². The largest absolute Gasteiger partial charge is 0.0622 e. The fourth-order valence-corrected chi connectivity index (χ4v) is 8.32. The Hall–Kier alpha value is -1.56. The lowest BCUT2D eigenvalue weighted by atomic mass is 9.48. The maximum atomic E-state index is 2.56. The lowest BCUT2D eigenvalue weighted by Gasteiger charge is -2.55. The molecule has 0 aliphatic heterocycles. The van der Waals surface area contributed by atoms with E-state index in [0.717, 1.165) is 35.5 Å². The highest BCUT2D eigenvalue weighted by Crippen LogP contribution is 2.77. The summed E-state index contributed by atoms with van der Waals surface area (Å²) in [6.45, 7) is 10.1. The second-order valence-electron chi connectivity index (χ2n) is 9.99. The second-order valence-corrected chi connectivity index (χ2v) is 9.99. The summed E-state index contributed by atoms with van der Waals surface area (Å²) in [6.07, 6.45) is 1.45. The van der Waals surface area contributed by atoms with Crippen LogP contribution in [0.2, 0.25) is 0 Å². The lowest BCUT2D eigenvalue weighted by molar-refractivity contribution is -0.0111. The van der Waals surface area contributed by atoms with Gasteiger partial charge in [-0.15, -0.1) is 0 Å². The molecule has 9 atom stereocenters. The smallest absolute Gasteiger partial charge is 0.0276 e. The van der Waals surface area contributed by atoms with Gasteiger partial charge in [0.15, 0.2) is 0 Å². The molecule has 2 aromatic carbocycles. The van der Waals surface area contributed by atoms with E-state index in [9.17, 15) is 0 Å². The third-order valence-corrected chi connectivity index (χ3v) is 9.56. The molecule has 4 aliphatic rings. The Bertz CT molecular complexity index is 894. The van der Waals surface area contributed by atoms with Crippen molar-refractivity contribution in [2.75, 3.05) is 0 Å². The SMILES string of the molecule is CC1C2[C@@H](C[C@@H]1C)[C@H]1c3ccccc3C3(c4ccccc4[C@@H](C)[C@H]3C)[C@@H]21. The van der Waals surface area contributed by atoms with Gasteiger partial charge in [0, 0.05) is 5.41 Å². The molecule has 0 heteroatoms. The van der Waals surface area contributed by atoms with E-state index in [2.05, 4.69) is 76.2 Å². The molecule has 134 valence electrons. The van der Waals surface area contributed by atoms with Crippen molar-refractivity contribution in [2.45, 2.75) is 51.4 Å². The van der Waals surface area contributed by atoms with E-state index in [4.69, 9.17) is 0 Å². The number of hydrogen-bond donors (Lipinski definition) is 0. The third kappa shape index (κ3) is 1.45. The molecule has 26 heavy (non-hydrogen) atoms. The van der Waals surface area contributed by atoms with Crippen molar-refractivity contribution in [2.24, 2.45) is 35.5 Å². The molecule has 0 aromatic heterocycles. The Kier molecular flexibility index (Phi) is 2.88. The number of fused-ring (bicyclic) bond motifs is 10. The maximum absolute atomic E-state index is 2.56. The normalized spacial score (nSPS) is 47.2. The first-order valence-corrected chi connectivity index (χ1v) is 10.8. The van der Waals surface area contributed by atoms with Crippen molar-refractivity contribution >= 4 is 0 Å². The van der Waals surface area contributed by atoms with Gasteiger partial charge in [-0.3, -0.25) is 0 Å². The summed E-state index contributed by atoms with van der Waals surface area (Å²) >= 11 is 0.